The van der Waals surface area contributed by atoms with Crippen molar-refractivity contribution in [3.05, 3.63) is 102 Å². The maximum absolute atomic E-state index is 12.7. The van der Waals surface area contributed by atoms with Crippen molar-refractivity contribution in [2.75, 3.05) is 5.32 Å². The first-order valence-corrected chi connectivity index (χ1v) is 11.5. The SMILES string of the molecule is O=C(Nc1ccc(Oc2ccc(Cl)cc2)nc1)c1occc1CS(=O)(=O)c1ccccc1. The Kier molecular flexibility index (Phi) is 6.25. The molecule has 0 bridgehead atoms. The minimum atomic E-state index is -3.63. The van der Waals surface area contributed by atoms with E-state index in [1.807, 2.05) is 0 Å². The first kappa shape index (κ1) is 21.6. The van der Waals surface area contributed by atoms with Gasteiger partial charge in [0.05, 0.1) is 28.8 Å². The van der Waals surface area contributed by atoms with Gasteiger partial charge in [-0.05, 0) is 48.5 Å². The summed E-state index contributed by atoms with van der Waals surface area (Å²) < 4.78 is 36.1. The molecule has 162 valence electrons. The second-order valence-electron chi connectivity index (χ2n) is 6.74. The Bertz CT molecular complexity index is 1320. The zero-order valence-corrected chi connectivity index (χ0v) is 18.1. The molecule has 0 radical (unpaired) electrons. The number of nitrogens with zero attached hydrogens (tertiary/aromatic N) is 1. The first-order chi connectivity index (χ1) is 15.4. The monoisotopic (exact) mass is 468 g/mol. The van der Waals surface area contributed by atoms with Crippen molar-refractivity contribution >= 4 is 33.0 Å². The van der Waals surface area contributed by atoms with E-state index in [1.54, 1.807) is 54.6 Å². The van der Waals surface area contributed by atoms with Gasteiger partial charge in [-0.3, -0.25) is 4.79 Å². The van der Waals surface area contributed by atoms with Crippen LogP contribution in [-0.4, -0.2) is 19.3 Å². The summed E-state index contributed by atoms with van der Waals surface area (Å²) >= 11 is 5.85. The van der Waals surface area contributed by atoms with Crippen LogP contribution in [0.5, 0.6) is 11.6 Å². The zero-order valence-electron chi connectivity index (χ0n) is 16.6. The number of ether oxygens (including phenoxy) is 1. The molecule has 0 aliphatic heterocycles. The molecule has 0 aliphatic carbocycles. The number of carbonyl (C=O) groups is 1. The topological polar surface area (TPSA) is 98.5 Å². The molecule has 0 spiro atoms. The van der Waals surface area contributed by atoms with Crippen molar-refractivity contribution in [2.45, 2.75) is 10.6 Å². The average Bonchev–Trinajstić information content (AvgIpc) is 3.25. The number of halogens is 1. The molecule has 0 atom stereocenters. The number of carbonyl (C=O) groups excluding carboxylic acids is 1. The van der Waals surface area contributed by atoms with Gasteiger partial charge in [-0.2, -0.15) is 0 Å². The highest BCUT2D eigenvalue weighted by Gasteiger charge is 2.22. The molecule has 0 aliphatic rings. The molecular formula is C23H17ClN2O5S. The number of rotatable bonds is 7. The predicted octanol–water partition coefficient (Wildman–Crippen LogP) is 5.35. The number of hydrogen-bond donors (Lipinski definition) is 1. The van der Waals surface area contributed by atoms with Crippen LogP contribution < -0.4 is 10.1 Å². The quantitative estimate of drug-likeness (QED) is 0.392. The summed E-state index contributed by atoms with van der Waals surface area (Å²) in [6.45, 7) is 0. The molecule has 2 aromatic carbocycles. The van der Waals surface area contributed by atoms with E-state index in [0.29, 0.717) is 22.3 Å². The summed E-state index contributed by atoms with van der Waals surface area (Å²) in [6, 6.07) is 19.5. The summed E-state index contributed by atoms with van der Waals surface area (Å²) in [4.78, 5) is 17.0. The fourth-order valence-corrected chi connectivity index (χ4v) is 4.39. The lowest BCUT2D eigenvalue weighted by Crippen LogP contribution is -2.15. The van der Waals surface area contributed by atoms with E-state index in [9.17, 15) is 13.2 Å². The van der Waals surface area contributed by atoms with Crippen LogP contribution in [-0.2, 0) is 15.6 Å². The predicted molar refractivity (Wildman–Crippen MR) is 120 cm³/mol. The van der Waals surface area contributed by atoms with E-state index in [4.69, 9.17) is 20.8 Å². The van der Waals surface area contributed by atoms with E-state index >= 15 is 0 Å². The summed E-state index contributed by atoms with van der Waals surface area (Å²) in [5, 5.41) is 3.24. The summed E-state index contributed by atoms with van der Waals surface area (Å²) in [7, 11) is -3.63. The Balaban J connectivity index is 1.44. The third-order valence-corrected chi connectivity index (χ3v) is 6.36. The smallest absolute Gasteiger partial charge is 0.291 e. The summed E-state index contributed by atoms with van der Waals surface area (Å²) in [6.07, 6.45) is 2.71. The van der Waals surface area contributed by atoms with Gasteiger partial charge in [0.1, 0.15) is 5.75 Å². The molecule has 0 unspecified atom stereocenters. The summed E-state index contributed by atoms with van der Waals surface area (Å²) in [5.74, 6) is -0.119. The van der Waals surface area contributed by atoms with Crippen molar-refractivity contribution in [3.8, 4) is 11.6 Å². The Morgan fingerprint density at radius 1 is 1.00 bits per heavy atom. The normalized spacial score (nSPS) is 11.2. The number of amides is 1. The van der Waals surface area contributed by atoms with Gasteiger partial charge in [-0.1, -0.05) is 29.8 Å². The highest BCUT2D eigenvalue weighted by Crippen LogP contribution is 2.24. The molecule has 4 rings (SSSR count). The van der Waals surface area contributed by atoms with Crippen molar-refractivity contribution in [2.24, 2.45) is 0 Å². The number of sulfone groups is 1. The van der Waals surface area contributed by atoms with Gasteiger partial charge in [0.2, 0.25) is 5.88 Å². The molecule has 1 N–H and O–H groups in total. The van der Waals surface area contributed by atoms with Crippen molar-refractivity contribution < 1.29 is 22.4 Å². The van der Waals surface area contributed by atoms with Crippen LogP contribution in [0.2, 0.25) is 5.02 Å². The van der Waals surface area contributed by atoms with Crippen LogP contribution in [0.15, 0.2) is 94.6 Å². The molecule has 0 saturated carbocycles. The van der Waals surface area contributed by atoms with Gasteiger partial charge in [0.15, 0.2) is 15.6 Å². The van der Waals surface area contributed by atoms with Gasteiger partial charge >= 0.3 is 0 Å². The molecule has 2 aromatic heterocycles. The van der Waals surface area contributed by atoms with E-state index in [2.05, 4.69) is 10.3 Å². The number of furan rings is 1. The fraction of sp³-hybridized carbons (Fsp3) is 0.0435. The van der Waals surface area contributed by atoms with Crippen LogP contribution in [0, 0.1) is 0 Å². The molecule has 9 heteroatoms. The maximum Gasteiger partial charge on any atom is 0.291 e. The number of hydrogen-bond acceptors (Lipinski definition) is 6. The molecule has 7 nitrogen and oxygen atoms in total. The van der Waals surface area contributed by atoms with Crippen LogP contribution in [0.25, 0.3) is 0 Å². The van der Waals surface area contributed by atoms with E-state index in [-0.39, 0.29) is 22.0 Å². The fourth-order valence-electron chi connectivity index (χ4n) is 2.89. The standard InChI is InChI=1S/C23H17ClN2O5S/c24-17-6-9-19(10-7-17)31-21-11-8-18(14-25-21)26-23(27)22-16(12-13-30-22)15-32(28,29)20-4-2-1-3-5-20/h1-14H,15H2,(H,26,27). The van der Waals surface area contributed by atoms with Crippen molar-refractivity contribution in [1.82, 2.24) is 4.98 Å². The second-order valence-corrected chi connectivity index (χ2v) is 9.17. The van der Waals surface area contributed by atoms with E-state index in [0.717, 1.165) is 0 Å². The third-order valence-electron chi connectivity index (χ3n) is 4.43. The minimum Gasteiger partial charge on any atom is -0.459 e. The van der Waals surface area contributed by atoms with Gasteiger partial charge in [-0.25, -0.2) is 13.4 Å². The zero-order chi connectivity index (χ0) is 22.6. The van der Waals surface area contributed by atoms with Crippen LogP contribution in [0.1, 0.15) is 16.1 Å². The minimum absolute atomic E-state index is 0.0778. The number of aromatic nitrogens is 1. The molecule has 0 fully saturated rings. The molecule has 0 saturated heterocycles. The highest BCUT2D eigenvalue weighted by atomic mass is 35.5. The Labute approximate surface area is 189 Å². The number of benzene rings is 2. The number of nitrogens with one attached hydrogen (secondary N) is 1. The maximum atomic E-state index is 12.7. The van der Waals surface area contributed by atoms with E-state index in [1.165, 1.54) is 30.7 Å². The third kappa shape index (κ3) is 5.16. The molecule has 2 heterocycles. The Morgan fingerprint density at radius 2 is 1.75 bits per heavy atom. The first-order valence-electron chi connectivity index (χ1n) is 9.46. The van der Waals surface area contributed by atoms with Gasteiger partial charge < -0.3 is 14.5 Å². The largest absolute Gasteiger partial charge is 0.459 e. The van der Waals surface area contributed by atoms with Crippen molar-refractivity contribution in [3.63, 3.8) is 0 Å². The van der Waals surface area contributed by atoms with E-state index < -0.39 is 15.7 Å². The lowest BCUT2D eigenvalue weighted by atomic mass is 10.2. The van der Waals surface area contributed by atoms with Crippen LogP contribution >= 0.6 is 11.6 Å². The lowest BCUT2D eigenvalue weighted by molar-refractivity contribution is 0.0995. The Hall–Kier alpha value is -3.62. The van der Waals surface area contributed by atoms with Crippen LogP contribution in [0.4, 0.5) is 5.69 Å². The van der Waals surface area contributed by atoms with Gasteiger partial charge in [-0.15, -0.1) is 0 Å². The molecule has 1 amide bonds. The van der Waals surface area contributed by atoms with Crippen LogP contribution in [0.3, 0.4) is 0 Å². The van der Waals surface area contributed by atoms with Crippen molar-refractivity contribution in [1.29, 1.82) is 0 Å². The number of anilines is 1. The molecular weight excluding hydrogens is 452 g/mol. The van der Waals surface area contributed by atoms with Gasteiger partial charge in [0, 0.05) is 16.7 Å². The second kappa shape index (κ2) is 9.25. The summed E-state index contributed by atoms with van der Waals surface area (Å²) in [5.41, 5.74) is 0.661. The average molecular weight is 469 g/mol. The molecule has 32 heavy (non-hydrogen) atoms. The Morgan fingerprint density at radius 3 is 2.44 bits per heavy atom. The number of pyridine rings is 1. The lowest BCUT2D eigenvalue weighted by Gasteiger charge is -2.08. The van der Waals surface area contributed by atoms with Gasteiger partial charge in [0.25, 0.3) is 5.91 Å². The molecule has 4 aromatic rings. The highest BCUT2D eigenvalue weighted by molar-refractivity contribution is 7.90.